The highest BCUT2D eigenvalue weighted by molar-refractivity contribution is 6.18. The van der Waals surface area contributed by atoms with E-state index < -0.39 is 0 Å². The number of anilines is 6. The van der Waals surface area contributed by atoms with Crippen molar-refractivity contribution in [1.29, 1.82) is 0 Å². The maximum Gasteiger partial charge on any atom is 0.151 e. The number of hydrogen-bond donors (Lipinski definition) is 0. The number of ether oxygens (including phenoxy) is 2. The first kappa shape index (κ1) is 35.0. The van der Waals surface area contributed by atoms with E-state index in [1.807, 2.05) is 48.5 Å². The van der Waals surface area contributed by atoms with Crippen LogP contribution in [-0.4, -0.2) is 4.57 Å². The van der Waals surface area contributed by atoms with Crippen molar-refractivity contribution < 1.29 is 9.47 Å². The molecule has 290 valence electrons. The van der Waals surface area contributed by atoms with Crippen LogP contribution in [-0.2, 0) is 0 Å². The molecule has 5 heteroatoms. The Labute approximate surface area is 354 Å². The Hall–Kier alpha value is -8.02. The Morgan fingerprint density at radius 1 is 0.328 bits per heavy atom. The van der Waals surface area contributed by atoms with Crippen molar-refractivity contribution in [2.75, 3.05) is 9.80 Å². The summed E-state index contributed by atoms with van der Waals surface area (Å²) in [5.74, 6) is 3.37. The Morgan fingerprint density at radius 2 is 0.672 bits per heavy atom. The predicted octanol–water partition coefficient (Wildman–Crippen LogP) is 15.9. The molecule has 0 aliphatic carbocycles. The van der Waals surface area contributed by atoms with E-state index in [1.54, 1.807) is 0 Å². The molecule has 0 amide bonds. The van der Waals surface area contributed by atoms with Crippen molar-refractivity contribution in [2.45, 2.75) is 13.8 Å². The van der Waals surface area contributed by atoms with E-state index in [1.165, 1.54) is 44.1 Å². The molecule has 0 N–H and O–H groups in total. The molecule has 0 fully saturated rings. The number of hydrogen-bond acceptors (Lipinski definition) is 4. The highest BCUT2D eigenvalue weighted by Gasteiger charge is 2.28. The van der Waals surface area contributed by atoms with Gasteiger partial charge in [0.1, 0.15) is 0 Å². The first-order valence-corrected chi connectivity index (χ1v) is 20.8. The first-order chi connectivity index (χ1) is 30.1. The van der Waals surface area contributed by atoms with E-state index in [0.717, 1.165) is 73.9 Å². The third-order valence-electron chi connectivity index (χ3n) is 12.0. The average Bonchev–Trinajstić information content (AvgIpc) is 3.63. The Morgan fingerprint density at radius 3 is 1.05 bits per heavy atom. The molecule has 1 aromatic heterocycles. The smallest absolute Gasteiger partial charge is 0.151 e. The van der Waals surface area contributed by atoms with Gasteiger partial charge in [0.2, 0.25) is 0 Å². The number of nitrogens with zero attached hydrogens (tertiary/aromatic N) is 3. The first-order valence-electron chi connectivity index (χ1n) is 20.8. The molecule has 0 atom stereocenters. The molecule has 0 radical (unpaired) electrons. The minimum Gasteiger partial charge on any atom is -0.453 e. The molecule has 0 bridgehead atoms. The molecule has 2 aliphatic heterocycles. The lowest BCUT2D eigenvalue weighted by atomic mass is 9.96. The molecule has 0 saturated heterocycles. The monoisotopic (exact) mass is 785 g/mol. The van der Waals surface area contributed by atoms with Gasteiger partial charge in [0.15, 0.2) is 23.0 Å². The van der Waals surface area contributed by atoms with Crippen LogP contribution in [0, 0.1) is 13.8 Å². The zero-order valence-electron chi connectivity index (χ0n) is 33.7. The molecule has 0 unspecified atom stereocenters. The summed E-state index contributed by atoms with van der Waals surface area (Å²) >= 11 is 0. The Bertz CT molecular complexity index is 3040. The Balaban J connectivity index is 1.03. The predicted molar refractivity (Wildman–Crippen MR) is 251 cm³/mol. The second kappa shape index (κ2) is 13.8. The third kappa shape index (κ3) is 5.62. The highest BCUT2D eigenvalue weighted by Crippen LogP contribution is 2.52. The second-order valence-corrected chi connectivity index (χ2v) is 15.9. The lowest BCUT2D eigenvalue weighted by Crippen LogP contribution is -2.15. The van der Waals surface area contributed by atoms with Crippen molar-refractivity contribution >= 4 is 55.9 Å². The largest absolute Gasteiger partial charge is 0.453 e. The summed E-state index contributed by atoms with van der Waals surface area (Å²) in [7, 11) is 0. The standard InChI is InChI=1S/C56H39N3O2/c1-36-32-43(38-24-28-41(29-25-38)57-47-16-6-10-20-51(47)60-52-21-11-7-17-48(52)57)55-45(34-36)46-35-37(2)33-44(56(46)59(55)40-14-4-3-5-15-40)39-26-30-42(31-27-39)58-49-18-8-12-22-53(49)61-54-23-13-9-19-50(54)58/h3-35H,1-2H3. The van der Waals surface area contributed by atoms with Gasteiger partial charge in [-0.3, -0.25) is 0 Å². The summed E-state index contributed by atoms with van der Waals surface area (Å²) in [6.07, 6.45) is 0. The topological polar surface area (TPSA) is 29.9 Å². The number of benzene rings is 9. The van der Waals surface area contributed by atoms with Gasteiger partial charge in [0.25, 0.3) is 0 Å². The van der Waals surface area contributed by atoms with Crippen LogP contribution in [0.25, 0.3) is 49.7 Å². The SMILES string of the molecule is Cc1cc(-c2ccc(N3c4ccccc4Oc4ccccc43)cc2)c2c(c1)c1cc(C)cc(-c3ccc(N4c5ccccc5Oc5ccccc54)cc3)c1n2-c1ccccc1. The third-order valence-corrected chi connectivity index (χ3v) is 12.0. The van der Waals surface area contributed by atoms with Crippen LogP contribution in [0.3, 0.4) is 0 Å². The van der Waals surface area contributed by atoms with Crippen LogP contribution in [0.15, 0.2) is 200 Å². The van der Waals surface area contributed by atoms with Gasteiger partial charge in [-0.15, -0.1) is 0 Å². The number of aromatic nitrogens is 1. The minimum absolute atomic E-state index is 0.843. The zero-order valence-corrected chi connectivity index (χ0v) is 33.7. The molecule has 9 aromatic carbocycles. The number of fused-ring (bicyclic) bond motifs is 7. The van der Waals surface area contributed by atoms with E-state index in [2.05, 4.69) is 180 Å². The molecule has 0 spiro atoms. The summed E-state index contributed by atoms with van der Waals surface area (Å²) in [4.78, 5) is 4.59. The van der Waals surface area contributed by atoms with Gasteiger partial charge in [0, 0.05) is 39.0 Å². The van der Waals surface area contributed by atoms with Gasteiger partial charge in [-0.2, -0.15) is 0 Å². The second-order valence-electron chi connectivity index (χ2n) is 15.9. The van der Waals surface area contributed by atoms with E-state index in [-0.39, 0.29) is 0 Å². The zero-order chi connectivity index (χ0) is 40.6. The fourth-order valence-electron chi connectivity index (χ4n) is 9.38. The minimum atomic E-state index is 0.843. The lowest BCUT2D eigenvalue weighted by Gasteiger charge is -2.32. The van der Waals surface area contributed by atoms with Crippen LogP contribution in [0.2, 0.25) is 0 Å². The van der Waals surface area contributed by atoms with Gasteiger partial charge >= 0.3 is 0 Å². The summed E-state index contributed by atoms with van der Waals surface area (Å²) < 4.78 is 15.1. The lowest BCUT2D eigenvalue weighted by molar-refractivity contribution is 0.477. The van der Waals surface area contributed by atoms with Crippen LogP contribution in [0.1, 0.15) is 11.1 Å². The quantitative estimate of drug-likeness (QED) is 0.174. The van der Waals surface area contributed by atoms with Crippen LogP contribution < -0.4 is 19.3 Å². The van der Waals surface area contributed by atoms with Gasteiger partial charge in [-0.1, -0.05) is 91.0 Å². The maximum absolute atomic E-state index is 6.33. The van der Waals surface area contributed by atoms with E-state index >= 15 is 0 Å². The molecular formula is C56H39N3O2. The summed E-state index contributed by atoms with van der Waals surface area (Å²) in [6, 6.07) is 71.2. The number of rotatable bonds is 5. The molecule has 61 heavy (non-hydrogen) atoms. The molecule has 10 aromatic rings. The number of aryl methyl sites for hydroxylation is 2. The van der Waals surface area contributed by atoms with Crippen molar-refractivity contribution in [1.82, 2.24) is 4.57 Å². The van der Waals surface area contributed by atoms with Gasteiger partial charge in [-0.05, 0) is 145 Å². The summed E-state index contributed by atoms with van der Waals surface area (Å²) in [5.41, 5.74) is 16.8. The number of para-hydroxylation sites is 9. The van der Waals surface area contributed by atoms with Gasteiger partial charge < -0.3 is 23.8 Å². The maximum atomic E-state index is 6.33. The van der Waals surface area contributed by atoms with Crippen molar-refractivity contribution in [2.24, 2.45) is 0 Å². The molecule has 5 nitrogen and oxygen atoms in total. The molecule has 12 rings (SSSR count). The van der Waals surface area contributed by atoms with E-state index in [0.29, 0.717) is 0 Å². The normalized spacial score (nSPS) is 12.6. The average molecular weight is 786 g/mol. The Kier molecular flexibility index (Phi) is 7.91. The van der Waals surface area contributed by atoms with Crippen molar-refractivity contribution in [3.05, 3.63) is 211 Å². The van der Waals surface area contributed by atoms with E-state index in [9.17, 15) is 0 Å². The molecule has 3 heterocycles. The van der Waals surface area contributed by atoms with Crippen molar-refractivity contribution in [3.8, 4) is 50.9 Å². The van der Waals surface area contributed by atoms with Gasteiger partial charge in [0.05, 0.1) is 33.8 Å². The molecule has 2 aliphatic rings. The van der Waals surface area contributed by atoms with Crippen LogP contribution in [0.5, 0.6) is 23.0 Å². The molecule has 0 saturated carbocycles. The van der Waals surface area contributed by atoms with Gasteiger partial charge in [-0.25, -0.2) is 0 Å². The molecular weight excluding hydrogens is 747 g/mol. The van der Waals surface area contributed by atoms with E-state index in [4.69, 9.17) is 9.47 Å². The fourth-order valence-corrected chi connectivity index (χ4v) is 9.38. The summed E-state index contributed by atoms with van der Waals surface area (Å²) in [6.45, 7) is 4.42. The van der Waals surface area contributed by atoms with Crippen molar-refractivity contribution in [3.63, 3.8) is 0 Å². The summed E-state index contributed by atoms with van der Waals surface area (Å²) in [5, 5.41) is 2.47. The van der Waals surface area contributed by atoms with Crippen LogP contribution in [0.4, 0.5) is 34.1 Å². The highest BCUT2D eigenvalue weighted by atomic mass is 16.5. The fraction of sp³-hybridized carbons (Fsp3) is 0.0357. The van der Waals surface area contributed by atoms with Crippen LogP contribution >= 0.6 is 0 Å².